The lowest BCUT2D eigenvalue weighted by atomic mass is 10.0. The average molecular weight is 365 g/mol. The first-order valence-electron chi connectivity index (χ1n) is 9.32. The number of likely N-dealkylation sites (tertiary alicyclic amines) is 1. The van der Waals surface area contributed by atoms with Gasteiger partial charge in [-0.25, -0.2) is 0 Å². The van der Waals surface area contributed by atoms with Crippen molar-refractivity contribution >= 4 is 17.5 Å². The summed E-state index contributed by atoms with van der Waals surface area (Å²) in [7, 11) is 1.61. The number of hydrogen-bond donors (Lipinski definition) is 0. The van der Waals surface area contributed by atoms with Crippen LogP contribution in [0.3, 0.4) is 0 Å². The summed E-state index contributed by atoms with van der Waals surface area (Å²) in [6.07, 6.45) is 5.77. The molecule has 1 aromatic heterocycles. The van der Waals surface area contributed by atoms with Crippen LogP contribution in [-0.2, 0) is 9.59 Å². The molecule has 2 aliphatic heterocycles. The monoisotopic (exact) mass is 365 g/mol. The zero-order valence-corrected chi connectivity index (χ0v) is 15.4. The first-order chi connectivity index (χ1) is 13.2. The molecule has 2 unspecified atom stereocenters. The lowest BCUT2D eigenvalue weighted by Crippen LogP contribution is -2.37. The molecule has 2 saturated heterocycles. The van der Waals surface area contributed by atoms with E-state index in [0.29, 0.717) is 6.54 Å². The molecule has 27 heavy (non-hydrogen) atoms. The van der Waals surface area contributed by atoms with Crippen LogP contribution in [0.25, 0.3) is 0 Å². The van der Waals surface area contributed by atoms with Crippen LogP contribution in [0.4, 0.5) is 5.69 Å². The molecular weight excluding hydrogens is 342 g/mol. The zero-order chi connectivity index (χ0) is 18.8. The highest BCUT2D eigenvalue weighted by Gasteiger charge is 2.40. The summed E-state index contributed by atoms with van der Waals surface area (Å²) in [6, 6.07) is 11.4. The maximum atomic E-state index is 13.2. The van der Waals surface area contributed by atoms with Crippen LogP contribution in [0, 0.1) is 5.92 Å². The third-order valence-electron chi connectivity index (χ3n) is 5.46. The van der Waals surface area contributed by atoms with Crippen molar-refractivity contribution in [2.45, 2.75) is 25.3 Å². The maximum Gasteiger partial charge on any atom is 0.228 e. The van der Waals surface area contributed by atoms with E-state index in [1.54, 1.807) is 18.2 Å². The Morgan fingerprint density at radius 2 is 2.04 bits per heavy atom. The summed E-state index contributed by atoms with van der Waals surface area (Å²) < 4.78 is 5.17. The standard InChI is InChI=1S/C21H23N3O3/c1-27-18-8-6-17(7-9-18)24-14-16(12-20(24)25)21(26)23-11-3-5-19(23)15-4-2-10-22-13-15/h2,4,6-10,13,16,19H,3,5,11-12,14H2,1H3. The molecule has 2 aromatic rings. The van der Waals surface area contributed by atoms with Crippen LogP contribution < -0.4 is 9.64 Å². The normalized spacial score (nSPS) is 22.3. The van der Waals surface area contributed by atoms with Crippen molar-refractivity contribution in [2.75, 3.05) is 25.1 Å². The topological polar surface area (TPSA) is 62.7 Å². The summed E-state index contributed by atoms with van der Waals surface area (Å²) in [5.41, 5.74) is 1.88. The number of benzene rings is 1. The highest BCUT2D eigenvalue weighted by atomic mass is 16.5. The minimum atomic E-state index is -0.295. The Morgan fingerprint density at radius 1 is 1.22 bits per heavy atom. The molecule has 6 heteroatoms. The fourth-order valence-electron chi connectivity index (χ4n) is 4.07. The highest BCUT2D eigenvalue weighted by Crippen LogP contribution is 2.35. The second-order valence-corrected chi connectivity index (χ2v) is 7.08. The van der Waals surface area contributed by atoms with Crippen molar-refractivity contribution in [3.8, 4) is 5.75 Å². The minimum absolute atomic E-state index is 0.00404. The Hall–Kier alpha value is -2.89. The molecule has 4 rings (SSSR count). The van der Waals surface area contributed by atoms with Gasteiger partial charge in [0, 0.05) is 37.6 Å². The van der Waals surface area contributed by atoms with E-state index in [9.17, 15) is 9.59 Å². The van der Waals surface area contributed by atoms with Crippen LogP contribution in [0.2, 0.25) is 0 Å². The molecule has 0 saturated carbocycles. The molecule has 2 fully saturated rings. The van der Waals surface area contributed by atoms with E-state index in [4.69, 9.17) is 4.74 Å². The van der Waals surface area contributed by atoms with Gasteiger partial charge in [0.05, 0.1) is 19.1 Å². The second kappa shape index (κ2) is 7.39. The Balaban J connectivity index is 1.48. The number of hydrogen-bond acceptors (Lipinski definition) is 4. The number of methoxy groups -OCH3 is 1. The third kappa shape index (κ3) is 3.39. The molecule has 2 atom stereocenters. The van der Waals surface area contributed by atoms with Gasteiger partial charge in [-0.2, -0.15) is 0 Å². The molecular formula is C21H23N3O3. The SMILES string of the molecule is COc1ccc(N2CC(C(=O)N3CCCC3c3cccnc3)CC2=O)cc1. The number of aromatic nitrogens is 1. The molecule has 140 valence electrons. The second-order valence-electron chi connectivity index (χ2n) is 7.08. The van der Waals surface area contributed by atoms with Crippen molar-refractivity contribution in [3.63, 3.8) is 0 Å². The van der Waals surface area contributed by atoms with Crippen molar-refractivity contribution in [1.82, 2.24) is 9.88 Å². The Morgan fingerprint density at radius 3 is 2.74 bits per heavy atom. The molecule has 2 amide bonds. The molecule has 0 radical (unpaired) electrons. The smallest absolute Gasteiger partial charge is 0.228 e. The van der Waals surface area contributed by atoms with Gasteiger partial charge >= 0.3 is 0 Å². The van der Waals surface area contributed by atoms with E-state index in [1.807, 2.05) is 47.5 Å². The van der Waals surface area contributed by atoms with Crippen LogP contribution in [0.15, 0.2) is 48.8 Å². The van der Waals surface area contributed by atoms with Gasteiger partial charge in [-0.05, 0) is 48.7 Å². The van der Waals surface area contributed by atoms with Gasteiger partial charge in [-0.3, -0.25) is 14.6 Å². The summed E-state index contributed by atoms with van der Waals surface area (Å²) in [4.78, 5) is 33.5. The first kappa shape index (κ1) is 17.5. The summed E-state index contributed by atoms with van der Waals surface area (Å²) in [5.74, 6) is 0.521. The van der Waals surface area contributed by atoms with E-state index in [0.717, 1.165) is 36.4 Å². The maximum absolute atomic E-state index is 13.2. The number of pyridine rings is 1. The molecule has 1 aromatic carbocycles. The van der Waals surface area contributed by atoms with Gasteiger partial charge in [-0.1, -0.05) is 6.07 Å². The van der Waals surface area contributed by atoms with Gasteiger partial charge in [0.1, 0.15) is 5.75 Å². The molecule has 2 aliphatic rings. The van der Waals surface area contributed by atoms with Crippen LogP contribution >= 0.6 is 0 Å². The Bertz CT molecular complexity index is 822. The number of amides is 2. The van der Waals surface area contributed by atoms with E-state index in [2.05, 4.69) is 4.98 Å². The van der Waals surface area contributed by atoms with Crippen LogP contribution in [-0.4, -0.2) is 41.9 Å². The molecule has 6 nitrogen and oxygen atoms in total. The van der Waals surface area contributed by atoms with Gasteiger partial charge in [0.25, 0.3) is 0 Å². The highest BCUT2D eigenvalue weighted by molar-refractivity contribution is 6.00. The Kier molecular flexibility index (Phi) is 4.79. The first-order valence-corrected chi connectivity index (χ1v) is 9.32. The third-order valence-corrected chi connectivity index (χ3v) is 5.46. The summed E-state index contributed by atoms with van der Waals surface area (Å²) in [6.45, 7) is 1.17. The van der Waals surface area contributed by atoms with Gasteiger partial charge in [0.2, 0.25) is 11.8 Å². The zero-order valence-electron chi connectivity index (χ0n) is 15.4. The summed E-state index contributed by atoms with van der Waals surface area (Å²) in [5, 5.41) is 0. The lowest BCUT2D eigenvalue weighted by molar-refractivity contribution is -0.136. The summed E-state index contributed by atoms with van der Waals surface area (Å²) >= 11 is 0. The van der Waals surface area contributed by atoms with E-state index >= 15 is 0 Å². The minimum Gasteiger partial charge on any atom is -0.497 e. The van der Waals surface area contributed by atoms with Crippen molar-refractivity contribution in [1.29, 1.82) is 0 Å². The number of ether oxygens (including phenoxy) is 1. The Labute approximate surface area is 158 Å². The number of nitrogens with zero attached hydrogens (tertiary/aromatic N) is 3. The predicted octanol–water partition coefficient (Wildman–Crippen LogP) is 2.81. The van der Waals surface area contributed by atoms with Gasteiger partial charge in [0.15, 0.2) is 0 Å². The lowest BCUT2D eigenvalue weighted by Gasteiger charge is -2.27. The fourth-order valence-corrected chi connectivity index (χ4v) is 4.07. The van der Waals surface area contributed by atoms with Crippen LogP contribution in [0.1, 0.15) is 30.9 Å². The van der Waals surface area contributed by atoms with E-state index < -0.39 is 0 Å². The molecule has 3 heterocycles. The molecule has 0 bridgehead atoms. The van der Waals surface area contributed by atoms with Gasteiger partial charge in [-0.15, -0.1) is 0 Å². The van der Waals surface area contributed by atoms with Crippen molar-refractivity contribution in [3.05, 3.63) is 54.4 Å². The average Bonchev–Trinajstić information content (AvgIpc) is 3.35. The molecule has 0 spiro atoms. The quantitative estimate of drug-likeness (QED) is 0.836. The molecule has 0 aliphatic carbocycles. The van der Waals surface area contributed by atoms with Crippen LogP contribution in [0.5, 0.6) is 5.75 Å². The van der Waals surface area contributed by atoms with E-state index in [-0.39, 0.29) is 30.2 Å². The van der Waals surface area contributed by atoms with Crippen molar-refractivity contribution in [2.24, 2.45) is 5.92 Å². The predicted molar refractivity (Wildman–Crippen MR) is 101 cm³/mol. The largest absolute Gasteiger partial charge is 0.497 e. The number of carbonyl (C=O) groups is 2. The van der Waals surface area contributed by atoms with E-state index in [1.165, 1.54) is 0 Å². The van der Waals surface area contributed by atoms with Crippen molar-refractivity contribution < 1.29 is 14.3 Å². The number of rotatable bonds is 4. The fraction of sp³-hybridized carbons (Fsp3) is 0.381. The van der Waals surface area contributed by atoms with Gasteiger partial charge < -0.3 is 14.5 Å². The molecule has 0 N–H and O–H groups in total. The number of anilines is 1. The number of carbonyl (C=O) groups excluding carboxylic acids is 2.